The Morgan fingerprint density at radius 1 is 0.500 bits per heavy atom. The van der Waals surface area contributed by atoms with Gasteiger partial charge in [0.25, 0.3) is 0 Å². The van der Waals surface area contributed by atoms with Crippen LogP contribution in [0.3, 0.4) is 0 Å². The van der Waals surface area contributed by atoms with Gasteiger partial charge in [0.2, 0.25) is 11.8 Å². The Labute approximate surface area is 136 Å². The molecule has 0 atom stereocenters. The summed E-state index contributed by atoms with van der Waals surface area (Å²) in [6.07, 6.45) is 0. The van der Waals surface area contributed by atoms with E-state index < -0.39 is 0 Å². The van der Waals surface area contributed by atoms with Gasteiger partial charge < -0.3 is 8.83 Å². The third-order valence-corrected chi connectivity index (χ3v) is 3.78. The maximum absolute atomic E-state index is 5.78. The fraction of sp³-hybridized carbons (Fsp3) is 0. The van der Waals surface area contributed by atoms with Crippen LogP contribution in [0.2, 0.25) is 0 Å². The predicted octanol–water partition coefficient (Wildman–Crippen LogP) is 4.70. The summed E-state index contributed by atoms with van der Waals surface area (Å²) in [7, 11) is 0. The maximum atomic E-state index is 5.78. The van der Waals surface area contributed by atoms with Gasteiger partial charge in [-0.1, -0.05) is 30.3 Å². The first-order valence-corrected chi connectivity index (χ1v) is 7.56. The highest BCUT2D eigenvalue weighted by atomic mass is 16.4. The zero-order valence-corrected chi connectivity index (χ0v) is 12.5. The molecule has 0 spiro atoms. The molecule has 0 fully saturated rings. The second-order valence-electron chi connectivity index (χ2n) is 5.38. The first-order chi connectivity index (χ1) is 11.9. The highest BCUT2D eigenvalue weighted by molar-refractivity contribution is 5.77. The number of benzene rings is 2. The van der Waals surface area contributed by atoms with E-state index in [-0.39, 0.29) is 0 Å². The number of para-hydroxylation sites is 4. The molecule has 3 heterocycles. The Kier molecular flexibility index (Phi) is 2.72. The number of nitrogens with zero attached hydrogens (tertiary/aromatic N) is 3. The second-order valence-corrected chi connectivity index (χ2v) is 5.38. The van der Waals surface area contributed by atoms with Crippen LogP contribution in [0, 0.1) is 0 Å². The molecule has 2 aromatic carbocycles. The van der Waals surface area contributed by atoms with Crippen molar-refractivity contribution in [3.63, 3.8) is 0 Å². The number of pyridine rings is 1. The van der Waals surface area contributed by atoms with E-state index in [4.69, 9.17) is 8.83 Å². The van der Waals surface area contributed by atoms with E-state index in [9.17, 15) is 0 Å². The molecule has 5 heteroatoms. The average Bonchev–Trinajstić information content (AvgIpc) is 3.26. The van der Waals surface area contributed by atoms with E-state index in [1.54, 1.807) is 0 Å². The minimum Gasteiger partial charge on any atom is -0.435 e. The van der Waals surface area contributed by atoms with Crippen molar-refractivity contribution in [1.82, 2.24) is 15.0 Å². The number of hydrogen-bond acceptors (Lipinski definition) is 5. The van der Waals surface area contributed by atoms with Gasteiger partial charge in [0.15, 0.2) is 11.2 Å². The maximum Gasteiger partial charge on any atom is 0.246 e. The van der Waals surface area contributed by atoms with Crippen molar-refractivity contribution in [3.05, 3.63) is 66.7 Å². The summed E-state index contributed by atoms with van der Waals surface area (Å²) in [6, 6.07) is 20.9. The van der Waals surface area contributed by atoms with Crippen LogP contribution in [-0.2, 0) is 0 Å². The molecule has 5 rings (SSSR count). The standard InChI is InChI=1S/C19H11N3O2/c1-3-10-16-12(6-1)21-18(23-16)14-8-5-9-15(20-14)19-22-13-7-2-4-11-17(13)24-19/h1-11H. The quantitative estimate of drug-likeness (QED) is 0.472. The monoisotopic (exact) mass is 313 g/mol. The molecule has 0 radical (unpaired) electrons. The van der Waals surface area contributed by atoms with Gasteiger partial charge in [-0.05, 0) is 36.4 Å². The minimum atomic E-state index is 0.481. The molecule has 0 aliphatic heterocycles. The predicted molar refractivity (Wildman–Crippen MR) is 90.2 cm³/mol. The summed E-state index contributed by atoms with van der Waals surface area (Å²) in [4.78, 5) is 13.6. The van der Waals surface area contributed by atoms with Gasteiger partial charge in [-0.2, -0.15) is 0 Å². The Morgan fingerprint density at radius 2 is 1.00 bits per heavy atom. The number of aromatic nitrogens is 3. The Bertz CT molecular complexity index is 1020. The number of rotatable bonds is 2. The van der Waals surface area contributed by atoms with Gasteiger partial charge in [-0.3, -0.25) is 0 Å². The molecule has 0 saturated carbocycles. The Morgan fingerprint density at radius 3 is 1.50 bits per heavy atom. The lowest BCUT2D eigenvalue weighted by molar-refractivity contribution is 0.611. The highest BCUT2D eigenvalue weighted by Gasteiger charge is 2.13. The van der Waals surface area contributed by atoms with Crippen molar-refractivity contribution in [2.24, 2.45) is 0 Å². The highest BCUT2D eigenvalue weighted by Crippen LogP contribution is 2.26. The van der Waals surface area contributed by atoms with Crippen molar-refractivity contribution in [2.75, 3.05) is 0 Å². The largest absolute Gasteiger partial charge is 0.435 e. The van der Waals surface area contributed by atoms with E-state index in [1.807, 2.05) is 66.7 Å². The Balaban J connectivity index is 1.62. The van der Waals surface area contributed by atoms with Crippen LogP contribution < -0.4 is 0 Å². The number of oxazole rings is 2. The van der Waals surface area contributed by atoms with Crippen LogP contribution in [0.5, 0.6) is 0 Å². The minimum absolute atomic E-state index is 0.481. The average molecular weight is 313 g/mol. The lowest BCUT2D eigenvalue weighted by atomic mass is 10.3. The second kappa shape index (κ2) is 5.03. The third-order valence-electron chi connectivity index (χ3n) is 3.78. The van der Waals surface area contributed by atoms with Crippen molar-refractivity contribution in [3.8, 4) is 23.2 Å². The summed E-state index contributed by atoms with van der Waals surface area (Å²) >= 11 is 0. The zero-order valence-electron chi connectivity index (χ0n) is 12.5. The fourth-order valence-corrected chi connectivity index (χ4v) is 2.64. The summed E-state index contributed by atoms with van der Waals surface area (Å²) < 4.78 is 11.6. The lowest BCUT2D eigenvalue weighted by Crippen LogP contribution is -1.87. The van der Waals surface area contributed by atoms with Crippen LogP contribution in [0.1, 0.15) is 0 Å². The molecule has 114 valence electrons. The van der Waals surface area contributed by atoms with Gasteiger partial charge in [0.05, 0.1) is 0 Å². The molecule has 0 N–H and O–H groups in total. The molecule has 0 unspecified atom stereocenters. The van der Waals surface area contributed by atoms with Crippen LogP contribution >= 0.6 is 0 Å². The van der Waals surface area contributed by atoms with Crippen LogP contribution in [0.4, 0.5) is 0 Å². The molecule has 0 aliphatic carbocycles. The van der Waals surface area contributed by atoms with Gasteiger partial charge in [-0.15, -0.1) is 0 Å². The van der Waals surface area contributed by atoms with Crippen molar-refractivity contribution >= 4 is 22.2 Å². The van der Waals surface area contributed by atoms with E-state index in [2.05, 4.69) is 15.0 Å². The molecule has 0 saturated heterocycles. The topological polar surface area (TPSA) is 65.0 Å². The van der Waals surface area contributed by atoms with Crippen molar-refractivity contribution < 1.29 is 8.83 Å². The lowest BCUT2D eigenvalue weighted by Gasteiger charge is -1.97. The van der Waals surface area contributed by atoms with Crippen LogP contribution in [-0.4, -0.2) is 15.0 Å². The van der Waals surface area contributed by atoms with E-state index in [0.717, 1.165) is 22.2 Å². The van der Waals surface area contributed by atoms with Gasteiger partial charge in [-0.25, -0.2) is 15.0 Å². The molecule has 0 aliphatic rings. The van der Waals surface area contributed by atoms with Gasteiger partial charge in [0, 0.05) is 0 Å². The fourth-order valence-electron chi connectivity index (χ4n) is 2.64. The van der Waals surface area contributed by atoms with Crippen molar-refractivity contribution in [2.45, 2.75) is 0 Å². The van der Waals surface area contributed by atoms with Crippen LogP contribution in [0.15, 0.2) is 75.6 Å². The summed E-state index contributed by atoms with van der Waals surface area (Å²) in [5, 5.41) is 0. The van der Waals surface area contributed by atoms with E-state index in [1.165, 1.54) is 0 Å². The molecule has 24 heavy (non-hydrogen) atoms. The third kappa shape index (κ3) is 2.06. The van der Waals surface area contributed by atoms with Crippen molar-refractivity contribution in [1.29, 1.82) is 0 Å². The summed E-state index contributed by atoms with van der Waals surface area (Å²) in [6.45, 7) is 0. The zero-order chi connectivity index (χ0) is 15.9. The molecule has 3 aromatic heterocycles. The first-order valence-electron chi connectivity index (χ1n) is 7.56. The number of hydrogen-bond donors (Lipinski definition) is 0. The molecular weight excluding hydrogens is 302 g/mol. The first kappa shape index (κ1) is 13.0. The van der Waals surface area contributed by atoms with E-state index >= 15 is 0 Å². The molecule has 5 nitrogen and oxygen atoms in total. The number of fused-ring (bicyclic) bond motifs is 2. The van der Waals surface area contributed by atoms with Gasteiger partial charge >= 0.3 is 0 Å². The normalized spacial score (nSPS) is 11.3. The Hall–Kier alpha value is -3.47. The smallest absolute Gasteiger partial charge is 0.246 e. The van der Waals surface area contributed by atoms with Gasteiger partial charge in [0.1, 0.15) is 22.4 Å². The molecular formula is C19H11N3O2. The molecule has 0 amide bonds. The SMILES string of the molecule is c1cc(-c2nc3ccccc3o2)nc(-c2nc3ccccc3o2)c1. The molecule has 0 bridgehead atoms. The summed E-state index contributed by atoms with van der Waals surface area (Å²) in [5.74, 6) is 0.961. The molecule has 5 aromatic rings. The van der Waals surface area contributed by atoms with E-state index in [0.29, 0.717) is 23.2 Å². The summed E-state index contributed by atoms with van der Waals surface area (Å²) in [5.41, 5.74) is 4.38. The van der Waals surface area contributed by atoms with Crippen LogP contribution in [0.25, 0.3) is 45.4 Å².